The number of para-hydroxylation sites is 1. The second kappa shape index (κ2) is 3.75. The Balaban J connectivity index is 2.47. The standard InChI is InChI=1S/C10H9BrN2/c11-8-10-6-7-12-13(10)9-4-2-1-3-5-9/h1-7H,8H2. The van der Waals surface area contributed by atoms with Crippen molar-refractivity contribution in [3.63, 3.8) is 0 Å². The monoisotopic (exact) mass is 236 g/mol. The minimum atomic E-state index is 0.821. The lowest BCUT2D eigenvalue weighted by molar-refractivity contribution is 0.843. The topological polar surface area (TPSA) is 17.8 Å². The molecule has 0 bridgehead atoms. The smallest absolute Gasteiger partial charge is 0.0649 e. The van der Waals surface area contributed by atoms with Gasteiger partial charge in [-0.2, -0.15) is 5.10 Å². The highest BCUT2D eigenvalue weighted by molar-refractivity contribution is 9.08. The van der Waals surface area contributed by atoms with Gasteiger partial charge < -0.3 is 0 Å². The van der Waals surface area contributed by atoms with Crippen LogP contribution in [-0.4, -0.2) is 9.78 Å². The van der Waals surface area contributed by atoms with Crippen LogP contribution in [0.25, 0.3) is 5.69 Å². The second-order valence-corrected chi connectivity index (χ2v) is 3.26. The van der Waals surface area contributed by atoms with E-state index in [1.807, 2.05) is 47.3 Å². The number of hydrogen-bond donors (Lipinski definition) is 0. The first-order valence-corrected chi connectivity index (χ1v) is 5.18. The van der Waals surface area contributed by atoms with Crippen LogP contribution in [0.3, 0.4) is 0 Å². The summed E-state index contributed by atoms with van der Waals surface area (Å²) in [6.45, 7) is 0. The Bertz CT molecular complexity index is 381. The third-order valence-electron chi connectivity index (χ3n) is 1.86. The number of hydrogen-bond acceptors (Lipinski definition) is 1. The van der Waals surface area contributed by atoms with Crippen molar-refractivity contribution in [2.24, 2.45) is 0 Å². The van der Waals surface area contributed by atoms with Crippen LogP contribution in [0.2, 0.25) is 0 Å². The van der Waals surface area contributed by atoms with Crippen molar-refractivity contribution in [1.82, 2.24) is 9.78 Å². The van der Waals surface area contributed by atoms with Gasteiger partial charge in [-0.3, -0.25) is 0 Å². The second-order valence-electron chi connectivity index (χ2n) is 2.70. The van der Waals surface area contributed by atoms with Crippen LogP contribution in [0.1, 0.15) is 5.69 Å². The summed E-state index contributed by atoms with van der Waals surface area (Å²) in [6.07, 6.45) is 1.81. The lowest BCUT2D eigenvalue weighted by Crippen LogP contribution is -1.99. The van der Waals surface area contributed by atoms with Crippen molar-refractivity contribution < 1.29 is 0 Å². The summed E-state index contributed by atoms with van der Waals surface area (Å²) in [5, 5.41) is 5.07. The quantitative estimate of drug-likeness (QED) is 0.734. The van der Waals surface area contributed by atoms with E-state index >= 15 is 0 Å². The number of rotatable bonds is 2. The zero-order valence-corrected chi connectivity index (χ0v) is 8.61. The number of halogens is 1. The molecule has 1 aromatic heterocycles. The van der Waals surface area contributed by atoms with Crippen molar-refractivity contribution in [3.05, 3.63) is 48.3 Å². The fourth-order valence-electron chi connectivity index (χ4n) is 1.23. The number of benzene rings is 1. The van der Waals surface area contributed by atoms with E-state index in [1.54, 1.807) is 0 Å². The van der Waals surface area contributed by atoms with E-state index in [0.717, 1.165) is 16.7 Å². The molecule has 0 N–H and O–H groups in total. The molecule has 0 atom stereocenters. The molecule has 13 heavy (non-hydrogen) atoms. The molecule has 2 nitrogen and oxygen atoms in total. The van der Waals surface area contributed by atoms with Crippen LogP contribution in [0.5, 0.6) is 0 Å². The van der Waals surface area contributed by atoms with E-state index in [9.17, 15) is 0 Å². The lowest BCUT2D eigenvalue weighted by atomic mass is 10.3. The van der Waals surface area contributed by atoms with Gasteiger partial charge in [0.2, 0.25) is 0 Å². The minimum Gasteiger partial charge on any atom is -0.237 e. The van der Waals surface area contributed by atoms with Crippen LogP contribution in [0.15, 0.2) is 42.6 Å². The maximum atomic E-state index is 4.24. The Kier molecular flexibility index (Phi) is 2.45. The molecular weight excluding hydrogens is 228 g/mol. The zero-order valence-electron chi connectivity index (χ0n) is 7.02. The van der Waals surface area contributed by atoms with Crippen molar-refractivity contribution in [2.75, 3.05) is 0 Å². The van der Waals surface area contributed by atoms with Crippen LogP contribution >= 0.6 is 15.9 Å². The highest BCUT2D eigenvalue weighted by Gasteiger charge is 2.01. The molecule has 0 saturated heterocycles. The molecule has 2 aromatic rings. The molecule has 0 aliphatic rings. The van der Waals surface area contributed by atoms with E-state index in [-0.39, 0.29) is 0 Å². The molecule has 0 amide bonds. The molecule has 66 valence electrons. The molecule has 1 heterocycles. The average molecular weight is 237 g/mol. The summed E-state index contributed by atoms with van der Waals surface area (Å²) in [5.74, 6) is 0. The summed E-state index contributed by atoms with van der Waals surface area (Å²) < 4.78 is 1.93. The number of alkyl halides is 1. The SMILES string of the molecule is BrCc1ccnn1-c1ccccc1. The minimum absolute atomic E-state index is 0.821. The van der Waals surface area contributed by atoms with Crippen molar-refractivity contribution in [3.8, 4) is 5.69 Å². The van der Waals surface area contributed by atoms with Gasteiger partial charge in [0.1, 0.15) is 0 Å². The zero-order chi connectivity index (χ0) is 9.10. The molecule has 1 aromatic carbocycles. The Morgan fingerprint density at radius 2 is 1.92 bits per heavy atom. The summed E-state index contributed by atoms with van der Waals surface area (Å²) in [7, 11) is 0. The molecule has 0 saturated carbocycles. The highest BCUT2D eigenvalue weighted by Crippen LogP contribution is 2.11. The number of nitrogens with zero attached hydrogens (tertiary/aromatic N) is 2. The van der Waals surface area contributed by atoms with Gasteiger partial charge in [0, 0.05) is 11.5 Å². The van der Waals surface area contributed by atoms with Gasteiger partial charge in [0.15, 0.2) is 0 Å². The first kappa shape index (κ1) is 8.51. The molecular formula is C10H9BrN2. The fourth-order valence-corrected chi connectivity index (χ4v) is 1.66. The summed E-state index contributed by atoms with van der Waals surface area (Å²) in [6, 6.07) is 12.1. The molecule has 0 fully saturated rings. The molecule has 0 aliphatic carbocycles. The van der Waals surface area contributed by atoms with Crippen LogP contribution in [0.4, 0.5) is 0 Å². The van der Waals surface area contributed by atoms with Gasteiger partial charge in [0.05, 0.1) is 11.4 Å². The largest absolute Gasteiger partial charge is 0.237 e. The third-order valence-corrected chi connectivity index (χ3v) is 2.43. The fraction of sp³-hybridized carbons (Fsp3) is 0.100. The maximum Gasteiger partial charge on any atom is 0.0649 e. The molecule has 0 spiro atoms. The van der Waals surface area contributed by atoms with Crippen molar-refractivity contribution >= 4 is 15.9 Å². The van der Waals surface area contributed by atoms with E-state index < -0.39 is 0 Å². The number of aromatic nitrogens is 2. The predicted molar refractivity (Wildman–Crippen MR) is 56.2 cm³/mol. The van der Waals surface area contributed by atoms with Gasteiger partial charge >= 0.3 is 0 Å². The Hall–Kier alpha value is -1.09. The predicted octanol–water partition coefficient (Wildman–Crippen LogP) is 2.77. The van der Waals surface area contributed by atoms with Gasteiger partial charge in [-0.1, -0.05) is 34.1 Å². The van der Waals surface area contributed by atoms with E-state index in [2.05, 4.69) is 21.0 Å². The van der Waals surface area contributed by atoms with Crippen molar-refractivity contribution in [2.45, 2.75) is 5.33 Å². The van der Waals surface area contributed by atoms with E-state index in [0.29, 0.717) is 0 Å². The average Bonchev–Trinajstić information content (AvgIpc) is 2.67. The molecule has 3 heteroatoms. The van der Waals surface area contributed by atoms with Gasteiger partial charge in [-0.05, 0) is 18.2 Å². The molecule has 0 aliphatic heterocycles. The van der Waals surface area contributed by atoms with Crippen LogP contribution in [-0.2, 0) is 5.33 Å². The van der Waals surface area contributed by atoms with E-state index in [4.69, 9.17) is 0 Å². The first-order chi connectivity index (χ1) is 6.42. The normalized spacial score (nSPS) is 10.2. The Labute approximate surface area is 85.3 Å². The van der Waals surface area contributed by atoms with Crippen LogP contribution < -0.4 is 0 Å². The summed E-state index contributed by atoms with van der Waals surface area (Å²) in [5.41, 5.74) is 2.26. The Morgan fingerprint density at radius 3 is 2.62 bits per heavy atom. The summed E-state index contributed by atoms with van der Waals surface area (Å²) in [4.78, 5) is 0. The molecule has 0 unspecified atom stereocenters. The molecule has 2 rings (SSSR count). The van der Waals surface area contributed by atoms with Gasteiger partial charge in [-0.15, -0.1) is 0 Å². The summed E-state index contributed by atoms with van der Waals surface area (Å²) >= 11 is 3.42. The van der Waals surface area contributed by atoms with Crippen LogP contribution in [0, 0.1) is 0 Å². The highest BCUT2D eigenvalue weighted by atomic mass is 79.9. The van der Waals surface area contributed by atoms with Crippen molar-refractivity contribution in [1.29, 1.82) is 0 Å². The molecule has 0 radical (unpaired) electrons. The first-order valence-electron chi connectivity index (χ1n) is 4.06. The van der Waals surface area contributed by atoms with Gasteiger partial charge in [-0.25, -0.2) is 4.68 Å². The van der Waals surface area contributed by atoms with Gasteiger partial charge in [0.25, 0.3) is 0 Å². The third kappa shape index (κ3) is 1.65. The van der Waals surface area contributed by atoms with E-state index in [1.165, 1.54) is 0 Å². The Morgan fingerprint density at radius 1 is 1.15 bits per heavy atom. The maximum absolute atomic E-state index is 4.24. The lowest BCUT2D eigenvalue weighted by Gasteiger charge is -2.03.